The maximum absolute atomic E-state index is 13.2. The summed E-state index contributed by atoms with van der Waals surface area (Å²) < 4.78 is 17.9. The predicted octanol–water partition coefficient (Wildman–Crippen LogP) is 1.21. The van der Waals surface area contributed by atoms with Gasteiger partial charge in [-0.2, -0.15) is 0 Å². The molecule has 7 unspecified atom stereocenters. The van der Waals surface area contributed by atoms with Gasteiger partial charge in [0.25, 0.3) is 0 Å². The number of hydrogen-bond donors (Lipinski definition) is 0. The first-order chi connectivity index (χ1) is 13.1. The smallest absolute Gasteiger partial charge is 0.343 e. The molecule has 7 heteroatoms. The molecule has 4 rings (SSSR count). The molecule has 4 aliphatic heterocycles. The number of carbonyl (C=O) groups is 3. The van der Waals surface area contributed by atoms with Crippen molar-refractivity contribution in [3.8, 4) is 0 Å². The van der Waals surface area contributed by atoms with Crippen LogP contribution in [-0.2, 0) is 28.6 Å². The van der Waals surface area contributed by atoms with Crippen LogP contribution in [0.2, 0.25) is 0 Å². The minimum Gasteiger partial charge on any atom is -0.453 e. The molecule has 1 spiro atoms. The van der Waals surface area contributed by atoms with Crippen molar-refractivity contribution in [2.75, 3.05) is 14.1 Å². The van der Waals surface area contributed by atoms with E-state index >= 15 is 0 Å². The summed E-state index contributed by atoms with van der Waals surface area (Å²) in [6, 6.07) is -0.442. The van der Waals surface area contributed by atoms with Gasteiger partial charge in [0, 0.05) is 24.3 Å². The fourth-order valence-electron chi connectivity index (χ4n) is 5.10. The number of nitrogens with zero attached hydrogens (tertiary/aromatic N) is 1. The summed E-state index contributed by atoms with van der Waals surface area (Å²) in [6.07, 6.45) is -2.39. The van der Waals surface area contributed by atoms with Crippen LogP contribution in [0, 0.1) is 5.92 Å². The molecule has 0 saturated carbocycles. The van der Waals surface area contributed by atoms with Crippen LogP contribution in [0.25, 0.3) is 0 Å². The molecule has 28 heavy (non-hydrogen) atoms. The SMILES string of the molecule is C=C(C)C1CC(=O)C2CC(=O)C(=C(C)C)C3OC(=O)C4(OC4C1O2)C3N(C)C. The van der Waals surface area contributed by atoms with E-state index in [0.717, 1.165) is 11.1 Å². The molecule has 0 radical (unpaired) electrons. The van der Waals surface area contributed by atoms with E-state index in [0.29, 0.717) is 5.57 Å². The van der Waals surface area contributed by atoms with E-state index in [1.165, 1.54) is 0 Å². The average molecular weight is 389 g/mol. The maximum Gasteiger partial charge on any atom is 0.343 e. The van der Waals surface area contributed by atoms with Gasteiger partial charge < -0.3 is 14.2 Å². The first-order valence-corrected chi connectivity index (χ1v) is 9.69. The lowest BCUT2D eigenvalue weighted by Crippen LogP contribution is -2.54. The number of hydrogen-bond acceptors (Lipinski definition) is 7. The van der Waals surface area contributed by atoms with Crippen molar-refractivity contribution in [1.82, 2.24) is 4.90 Å². The van der Waals surface area contributed by atoms with Gasteiger partial charge >= 0.3 is 5.97 Å². The Labute approximate surface area is 164 Å². The molecule has 4 fully saturated rings. The number of esters is 1. The zero-order valence-corrected chi connectivity index (χ0v) is 17.0. The third kappa shape index (κ3) is 2.56. The van der Waals surface area contributed by atoms with Crippen molar-refractivity contribution in [2.45, 2.75) is 69.7 Å². The largest absolute Gasteiger partial charge is 0.453 e. The van der Waals surface area contributed by atoms with E-state index in [1.807, 2.05) is 39.8 Å². The van der Waals surface area contributed by atoms with Crippen LogP contribution < -0.4 is 0 Å². The van der Waals surface area contributed by atoms with E-state index in [-0.39, 0.29) is 30.3 Å². The summed E-state index contributed by atoms with van der Waals surface area (Å²) in [5.74, 6) is -1.04. The number of allylic oxidation sites excluding steroid dienone is 1. The molecule has 152 valence electrons. The van der Waals surface area contributed by atoms with E-state index in [1.54, 1.807) is 0 Å². The lowest BCUT2D eigenvalue weighted by molar-refractivity contribution is -0.152. The van der Waals surface area contributed by atoms with Gasteiger partial charge in [0.2, 0.25) is 5.60 Å². The van der Waals surface area contributed by atoms with Gasteiger partial charge in [-0.25, -0.2) is 4.79 Å². The second kappa shape index (κ2) is 6.34. The van der Waals surface area contributed by atoms with E-state index in [4.69, 9.17) is 14.2 Å². The van der Waals surface area contributed by atoms with Crippen molar-refractivity contribution < 1.29 is 28.6 Å². The highest BCUT2D eigenvalue weighted by Crippen LogP contribution is 2.55. The van der Waals surface area contributed by atoms with Crippen LogP contribution in [0.3, 0.4) is 0 Å². The molecule has 0 aliphatic carbocycles. The van der Waals surface area contributed by atoms with E-state index in [2.05, 4.69) is 6.58 Å². The topological polar surface area (TPSA) is 85.4 Å². The van der Waals surface area contributed by atoms with Gasteiger partial charge in [-0.05, 0) is 34.9 Å². The van der Waals surface area contributed by atoms with Crippen LogP contribution in [0.5, 0.6) is 0 Å². The van der Waals surface area contributed by atoms with Gasteiger partial charge in [0.1, 0.15) is 18.3 Å². The Morgan fingerprint density at radius 1 is 1.14 bits per heavy atom. The summed E-state index contributed by atoms with van der Waals surface area (Å²) in [6.45, 7) is 9.49. The molecule has 0 aromatic carbocycles. The van der Waals surface area contributed by atoms with Crippen molar-refractivity contribution in [2.24, 2.45) is 5.92 Å². The van der Waals surface area contributed by atoms with Crippen molar-refractivity contribution in [3.63, 3.8) is 0 Å². The molecule has 4 aliphatic rings. The zero-order valence-electron chi connectivity index (χ0n) is 17.0. The second-order valence-corrected chi connectivity index (χ2v) is 8.82. The molecule has 7 nitrogen and oxygen atoms in total. The fraction of sp³-hybridized carbons (Fsp3) is 0.667. The Morgan fingerprint density at radius 2 is 1.82 bits per heavy atom. The van der Waals surface area contributed by atoms with Crippen LogP contribution in [0.1, 0.15) is 33.6 Å². The summed E-state index contributed by atoms with van der Waals surface area (Å²) >= 11 is 0. The van der Waals surface area contributed by atoms with Crippen molar-refractivity contribution in [3.05, 3.63) is 23.3 Å². The molecule has 0 N–H and O–H groups in total. The summed E-state index contributed by atoms with van der Waals surface area (Å²) in [4.78, 5) is 40.7. The monoisotopic (exact) mass is 389 g/mol. The third-order valence-corrected chi connectivity index (χ3v) is 6.45. The molecular formula is C21H27NO6. The Hall–Kier alpha value is -1.83. The standard InChI is InChI=1S/C21H27NO6/c1-9(2)11-7-12(23)14-8-13(24)15(10(3)4)17-18(22(5)6)21(20(25)27-17)19(28-21)16(11)26-14/h11,14,16-19H,1,7-8H2,2-6H3. The van der Waals surface area contributed by atoms with Crippen LogP contribution in [0.15, 0.2) is 23.3 Å². The van der Waals surface area contributed by atoms with Gasteiger partial charge in [0.15, 0.2) is 11.6 Å². The lowest BCUT2D eigenvalue weighted by atomic mass is 9.77. The van der Waals surface area contributed by atoms with Gasteiger partial charge in [-0.15, -0.1) is 0 Å². The molecule has 0 amide bonds. The molecule has 7 atom stereocenters. The Balaban J connectivity index is 1.86. The van der Waals surface area contributed by atoms with Crippen LogP contribution in [-0.4, -0.2) is 72.6 Å². The lowest BCUT2D eigenvalue weighted by Gasteiger charge is -2.37. The second-order valence-electron chi connectivity index (χ2n) is 8.82. The third-order valence-electron chi connectivity index (χ3n) is 6.45. The van der Waals surface area contributed by atoms with Gasteiger partial charge in [-0.3, -0.25) is 14.5 Å². The number of carbonyl (C=O) groups excluding carboxylic acids is 3. The molecule has 4 saturated heterocycles. The first kappa shape index (κ1) is 19.5. The Kier molecular flexibility index (Phi) is 4.41. The summed E-state index contributed by atoms with van der Waals surface area (Å²) in [7, 11) is 3.70. The number of fused-ring (bicyclic) bond motifs is 4. The van der Waals surface area contributed by atoms with Gasteiger partial charge in [0.05, 0.1) is 12.1 Å². The Morgan fingerprint density at radius 3 is 2.39 bits per heavy atom. The number of rotatable bonds is 2. The van der Waals surface area contributed by atoms with Crippen LogP contribution in [0.4, 0.5) is 0 Å². The normalized spacial score (nSPS) is 42.2. The number of epoxide rings is 1. The van der Waals surface area contributed by atoms with E-state index in [9.17, 15) is 14.4 Å². The first-order valence-electron chi connectivity index (χ1n) is 9.69. The number of Topliss-reactive ketones (excluding diaryl/α,β-unsaturated/α-hetero) is 2. The van der Waals surface area contributed by atoms with Crippen LogP contribution >= 0.6 is 0 Å². The number of ether oxygens (including phenoxy) is 3. The van der Waals surface area contributed by atoms with Crippen molar-refractivity contribution >= 4 is 17.5 Å². The fourth-order valence-corrected chi connectivity index (χ4v) is 5.10. The molecular weight excluding hydrogens is 362 g/mol. The quantitative estimate of drug-likeness (QED) is 0.304. The minimum atomic E-state index is -1.18. The highest BCUT2D eigenvalue weighted by atomic mass is 16.7. The summed E-state index contributed by atoms with van der Waals surface area (Å²) in [5, 5.41) is 0. The molecule has 4 heterocycles. The Bertz CT molecular complexity index is 810. The average Bonchev–Trinajstić information content (AvgIpc) is 3.24. The summed E-state index contributed by atoms with van der Waals surface area (Å²) in [5.41, 5.74) is 0.828. The predicted molar refractivity (Wildman–Crippen MR) is 99.5 cm³/mol. The highest BCUT2D eigenvalue weighted by Gasteiger charge is 2.78. The minimum absolute atomic E-state index is 0.0489. The van der Waals surface area contributed by atoms with E-state index < -0.39 is 42.0 Å². The highest BCUT2D eigenvalue weighted by molar-refractivity contribution is 6.02. The van der Waals surface area contributed by atoms with Gasteiger partial charge in [-0.1, -0.05) is 17.7 Å². The number of likely N-dealkylation sites (N-methyl/N-ethyl adjacent to an activating group) is 1. The zero-order chi connectivity index (χ0) is 20.5. The maximum atomic E-state index is 13.2. The molecule has 4 bridgehead atoms. The number of ketones is 2. The van der Waals surface area contributed by atoms with Crippen molar-refractivity contribution in [1.29, 1.82) is 0 Å². The molecule has 0 aromatic heterocycles. The molecule has 0 aromatic rings.